The molecule has 20 heavy (non-hydrogen) atoms. The van der Waals surface area contributed by atoms with Crippen LogP contribution in [0.2, 0.25) is 0 Å². The monoisotopic (exact) mass is 342 g/mol. The summed E-state index contributed by atoms with van der Waals surface area (Å²) in [7, 11) is 0. The van der Waals surface area contributed by atoms with Gasteiger partial charge in [0.1, 0.15) is 5.60 Å². The maximum Gasteiger partial charge on any atom is 0.410 e. The molecule has 0 unspecified atom stereocenters. The van der Waals surface area contributed by atoms with Crippen molar-refractivity contribution in [1.82, 2.24) is 4.90 Å². The van der Waals surface area contributed by atoms with Crippen molar-refractivity contribution in [1.29, 1.82) is 0 Å². The van der Waals surface area contributed by atoms with Gasteiger partial charge in [-0.05, 0) is 53.9 Å². The number of hydrogen-bond acceptors (Lipinski definition) is 4. The molecule has 0 saturated heterocycles. The number of carbonyl (C=O) groups excluding carboxylic acids is 1. The number of ether oxygens (including phenoxy) is 1. The minimum atomic E-state index is -0.557. The van der Waals surface area contributed by atoms with Gasteiger partial charge >= 0.3 is 6.09 Å². The summed E-state index contributed by atoms with van der Waals surface area (Å²) >= 11 is 3.18. The van der Waals surface area contributed by atoms with Crippen LogP contribution in [0.3, 0.4) is 0 Å². The van der Waals surface area contributed by atoms with Crippen LogP contribution in [-0.4, -0.2) is 21.5 Å². The van der Waals surface area contributed by atoms with Crippen molar-refractivity contribution >= 4 is 27.7 Å². The molecule has 0 fully saturated rings. The highest BCUT2D eigenvalue weighted by atomic mass is 79.9. The van der Waals surface area contributed by atoms with Gasteiger partial charge in [0.2, 0.25) is 0 Å². The van der Waals surface area contributed by atoms with E-state index in [0.29, 0.717) is 17.6 Å². The molecule has 1 amide bonds. The highest BCUT2D eigenvalue weighted by Crippen LogP contribution is 2.33. The van der Waals surface area contributed by atoms with Crippen molar-refractivity contribution in [3.63, 3.8) is 0 Å². The summed E-state index contributed by atoms with van der Waals surface area (Å²) in [6, 6.07) is 3.20. The van der Waals surface area contributed by atoms with Gasteiger partial charge in [-0.2, -0.15) is 0 Å². The smallest absolute Gasteiger partial charge is 0.410 e. The summed E-state index contributed by atoms with van der Waals surface area (Å²) in [4.78, 5) is 24.0. The van der Waals surface area contributed by atoms with Crippen molar-refractivity contribution in [2.45, 2.75) is 39.5 Å². The summed E-state index contributed by atoms with van der Waals surface area (Å²) in [5.41, 5.74) is 1.13. The van der Waals surface area contributed by atoms with E-state index >= 15 is 0 Å². The molecule has 0 spiro atoms. The second kappa shape index (κ2) is 5.05. The molecule has 0 atom stereocenters. The van der Waals surface area contributed by atoms with E-state index in [2.05, 4.69) is 15.9 Å². The Balaban J connectivity index is 2.19. The molecule has 0 bridgehead atoms. The molecule has 2 rings (SSSR count). The standard InChI is InChI=1S/C13H15BrN2O4/c1-13(2,3)20-12(17)15-6-8-4-10(14)11(16(18)19)5-9(8)7-15/h4-5H,6-7H2,1-3H3. The molecule has 1 aliphatic heterocycles. The molecule has 7 heteroatoms. The van der Waals surface area contributed by atoms with Gasteiger partial charge in [-0.1, -0.05) is 0 Å². The Kier molecular flexibility index (Phi) is 3.73. The number of amides is 1. The zero-order chi connectivity index (χ0) is 15.1. The quantitative estimate of drug-likeness (QED) is 0.577. The number of rotatable bonds is 1. The lowest BCUT2D eigenvalue weighted by Crippen LogP contribution is -2.33. The molecule has 1 aliphatic rings. The van der Waals surface area contributed by atoms with Crippen LogP contribution in [0.5, 0.6) is 0 Å². The Morgan fingerprint density at radius 3 is 2.40 bits per heavy atom. The van der Waals surface area contributed by atoms with Crippen molar-refractivity contribution in [3.8, 4) is 0 Å². The van der Waals surface area contributed by atoms with Gasteiger partial charge in [-0.3, -0.25) is 15.0 Å². The van der Waals surface area contributed by atoms with Gasteiger partial charge in [0.15, 0.2) is 0 Å². The van der Waals surface area contributed by atoms with E-state index in [4.69, 9.17) is 4.74 Å². The van der Waals surface area contributed by atoms with E-state index in [0.717, 1.165) is 11.1 Å². The third-order valence-electron chi connectivity index (χ3n) is 2.84. The molecule has 1 aromatic rings. The SMILES string of the molecule is CC(C)(C)OC(=O)N1Cc2cc(Br)c([N+](=O)[O-])cc2C1. The number of fused-ring (bicyclic) bond motifs is 1. The molecular formula is C13H15BrN2O4. The van der Waals surface area contributed by atoms with Crippen LogP contribution in [0.1, 0.15) is 31.9 Å². The highest BCUT2D eigenvalue weighted by molar-refractivity contribution is 9.10. The molecule has 108 valence electrons. The normalized spacial score (nSPS) is 14.1. The van der Waals surface area contributed by atoms with Crippen molar-refractivity contribution < 1.29 is 14.5 Å². The molecule has 0 radical (unpaired) electrons. The van der Waals surface area contributed by atoms with Crippen LogP contribution < -0.4 is 0 Å². The fourth-order valence-corrected chi connectivity index (χ4v) is 2.54. The number of benzene rings is 1. The average molecular weight is 343 g/mol. The van der Waals surface area contributed by atoms with Crippen LogP contribution >= 0.6 is 15.9 Å². The summed E-state index contributed by atoms with van der Waals surface area (Å²) < 4.78 is 5.73. The van der Waals surface area contributed by atoms with Crippen LogP contribution in [0.15, 0.2) is 16.6 Å². The first-order chi connectivity index (χ1) is 9.17. The summed E-state index contributed by atoms with van der Waals surface area (Å²) in [6.07, 6.45) is -0.410. The summed E-state index contributed by atoms with van der Waals surface area (Å²) in [5, 5.41) is 10.9. The van der Waals surface area contributed by atoms with Crippen LogP contribution in [0.4, 0.5) is 10.5 Å². The van der Waals surface area contributed by atoms with E-state index in [-0.39, 0.29) is 5.69 Å². The summed E-state index contributed by atoms with van der Waals surface area (Å²) in [6.45, 7) is 6.14. The first kappa shape index (κ1) is 14.8. The third kappa shape index (κ3) is 3.09. The second-order valence-corrected chi connectivity index (χ2v) is 6.52. The van der Waals surface area contributed by atoms with Crippen molar-refractivity contribution in [3.05, 3.63) is 37.8 Å². The zero-order valence-electron chi connectivity index (χ0n) is 11.5. The molecule has 1 aromatic carbocycles. The van der Waals surface area contributed by atoms with E-state index in [1.165, 1.54) is 11.0 Å². The van der Waals surface area contributed by atoms with Crippen molar-refractivity contribution in [2.75, 3.05) is 0 Å². The fourth-order valence-electron chi connectivity index (χ4n) is 2.00. The number of halogens is 1. The molecule has 0 aliphatic carbocycles. The minimum absolute atomic E-state index is 0.00906. The second-order valence-electron chi connectivity index (χ2n) is 5.67. The number of nitro groups is 1. The fraction of sp³-hybridized carbons (Fsp3) is 0.462. The van der Waals surface area contributed by atoms with Gasteiger partial charge in [0, 0.05) is 19.2 Å². The van der Waals surface area contributed by atoms with E-state index < -0.39 is 16.6 Å². The molecule has 0 saturated carbocycles. The average Bonchev–Trinajstić information content (AvgIpc) is 2.68. The number of nitro benzene ring substituents is 1. The molecular weight excluding hydrogens is 328 g/mol. The predicted octanol–water partition coefficient (Wildman–Crippen LogP) is 3.61. The topological polar surface area (TPSA) is 72.7 Å². The predicted molar refractivity (Wildman–Crippen MR) is 76.3 cm³/mol. The Hall–Kier alpha value is -1.63. The molecule has 0 N–H and O–H groups in total. The third-order valence-corrected chi connectivity index (χ3v) is 3.48. The maximum absolute atomic E-state index is 12.0. The Morgan fingerprint density at radius 2 is 1.90 bits per heavy atom. The van der Waals surface area contributed by atoms with Crippen LogP contribution in [-0.2, 0) is 17.8 Å². The lowest BCUT2D eigenvalue weighted by atomic mass is 10.1. The van der Waals surface area contributed by atoms with E-state index in [9.17, 15) is 14.9 Å². The molecule has 0 aromatic heterocycles. The van der Waals surface area contributed by atoms with Crippen LogP contribution in [0, 0.1) is 10.1 Å². The molecule has 1 heterocycles. The van der Waals surface area contributed by atoms with Gasteiger partial charge in [-0.15, -0.1) is 0 Å². The largest absolute Gasteiger partial charge is 0.444 e. The highest BCUT2D eigenvalue weighted by Gasteiger charge is 2.29. The van der Waals surface area contributed by atoms with Gasteiger partial charge in [-0.25, -0.2) is 4.79 Å². The van der Waals surface area contributed by atoms with E-state index in [1.54, 1.807) is 26.8 Å². The minimum Gasteiger partial charge on any atom is -0.444 e. The van der Waals surface area contributed by atoms with Crippen LogP contribution in [0.25, 0.3) is 0 Å². The number of carbonyl (C=O) groups is 1. The Bertz CT molecular complexity index is 580. The van der Waals surface area contributed by atoms with Gasteiger partial charge in [0.05, 0.1) is 9.40 Å². The zero-order valence-corrected chi connectivity index (χ0v) is 13.1. The molecule has 6 nitrogen and oxygen atoms in total. The van der Waals surface area contributed by atoms with Crippen molar-refractivity contribution in [2.24, 2.45) is 0 Å². The van der Waals surface area contributed by atoms with Gasteiger partial charge < -0.3 is 4.74 Å². The Morgan fingerprint density at radius 1 is 1.35 bits per heavy atom. The number of hydrogen-bond donors (Lipinski definition) is 0. The van der Waals surface area contributed by atoms with Gasteiger partial charge in [0.25, 0.3) is 5.69 Å². The lowest BCUT2D eigenvalue weighted by molar-refractivity contribution is -0.385. The lowest BCUT2D eigenvalue weighted by Gasteiger charge is -2.24. The first-order valence-corrected chi connectivity index (χ1v) is 6.90. The summed E-state index contributed by atoms with van der Waals surface area (Å²) in [5.74, 6) is 0. The van der Waals surface area contributed by atoms with E-state index in [1.807, 2.05) is 0 Å². The first-order valence-electron chi connectivity index (χ1n) is 6.11. The maximum atomic E-state index is 12.0. The number of nitrogens with zero attached hydrogens (tertiary/aromatic N) is 2. The Labute approximate surface area is 125 Å².